The number of para-hydroxylation sites is 2. The summed E-state index contributed by atoms with van der Waals surface area (Å²) >= 11 is 1.64. The fraction of sp³-hybridized carbons (Fsp3) is 0. The minimum Gasteiger partial charge on any atom is -0.245 e. The van der Waals surface area contributed by atoms with Gasteiger partial charge in [-0.15, -0.1) is 0 Å². The molecule has 2 aromatic heterocycles. The first kappa shape index (κ1) is 11.6. The van der Waals surface area contributed by atoms with E-state index in [1.807, 2.05) is 35.7 Å². The molecule has 0 bridgehead atoms. The Morgan fingerprint density at radius 3 is 2.60 bits per heavy atom. The Balaban J connectivity index is 2.28. The lowest BCUT2D eigenvalue weighted by Gasteiger charge is -2.10. The molecule has 0 radical (unpaired) electrons. The molecule has 4 rings (SSSR count). The van der Waals surface area contributed by atoms with Crippen LogP contribution in [0.15, 0.2) is 59.3 Å². The molecule has 0 spiro atoms. The molecule has 0 aliphatic rings. The van der Waals surface area contributed by atoms with Crippen LogP contribution in [-0.2, 0) is 0 Å². The highest BCUT2D eigenvalue weighted by atomic mass is 32.1. The van der Waals surface area contributed by atoms with E-state index in [1.165, 1.54) is 6.07 Å². The van der Waals surface area contributed by atoms with Gasteiger partial charge in [0.25, 0.3) is 0 Å². The summed E-state index contributed by atoms with van der Waals surface area (Å²) in [6, 6.07) is 15.1. The Kier molecular flexibility index (Phi) is 2.54. The summed E-state index contributed by atoms with van der Waals surface area (Å²) in [5.74, 6) is -0.273. The number of hydrogen-bond acceptors (Lipinski definition) is 2. The van der Waals surface area contributed by atoms with E-state index < -0.39 is 0 Å². The number of hydrogen-bond donors (Lipinski definition) is 0. The zero-order valence-electron chi connectivity index (χ0n) is 10.5. The first-order valence-electron chi connectivity index (χ1n) is 6.34. The van der Waals surface area contributed by atoms with Crippen LogP contribution in [0.3, 0.4) is 0 Å². The van der Waals surface area contributed by atoms with Crippen molar-refractivity contribution in [2.75, 3.05) is 0 Å². The van der Waals surface area contributed by atoms with Gasteiger partial charge in [-0.25, -0.2) is 9.37 Å². The molecule has 20 heavy (non-hydrogen) atoms. The summed E-state index contributed by atoms with van der Waals surface area (Å²) in [5, 5.41) is 6.05. The van der Waals surface area contributed by atoms with E-state index in [4.69, 9.17) is 0 Å². The first-order chi connectivity index (χ1) is 9.84. The van der Waals surface area contributed by atoms with E-state index in [-0.39, 0.29) is 5.82 Å². The number of aromatic nitrogens is 1. The van der Waals surface area contributed by atoms with Gasteiger partial charge in [-0.3, -0.25) is 0 Å². The number of pyridine rings is 1. The van der Waals surface area contributed by atoms with Crippen molar-refractivity contribution in [3.05, 3.63) is 65.1 Å². The fourth-order valence-corrected chi connectivity index (χ4v) is 3.24. The van der Waals surface area contributed by atoms with Gasteiger partial charge in [0.2, 0.25) is 0 Å². The maximum atomic E-state index is 14.1. The van der Waals surface area contributed by atoms with E-state index in [2.05, 4.69) is 16.4 Å². The van der Waals surface area contributed by atoms with Crippen molar-refractivity contribution in [3.8, 4) is 11.1 Å². The third-order valence-corrected chi connectivity index (χ3v) is 4.15. The predicted molar refractivity (Wildman–Crippen MR) is 82.5 cm³/mol. The second kappa shape index (κ2) is 4.39. The summed E-state index contributed by atoms with van der Waals surface area (Å²) in [5.41, 5.74) is 3.44. The van der Waals surface area contributed by atoms with Crippen molar-refractivity contribution in [3.63, 3.8) is 0 Å². The Morgan fingerprint density at radius 2 is 1.75 bits per heavy atom. The van der Waals surface area contributed by atoms with Gasteiger partial charge in [-0.1, -0.05) is 30.3 Å². The molecular weight excluding hydrogens is 269 g/mol. The highest BCUT2D eigenvalue weighted by Crippen LogP contribution is 2.36. The lowest BCUT2D eigenvalue weighted by Crippen LogP contribution is -1.90. The third-order valence-electron chi connectivity index (χ3n) is 3.47. The van der Waals surface area contributed by atoms with Gasteiger partial charge in [-0.2, -0.15) is 11.3 Å². The molecule has 96 valence electrons. The summed E-state index contributed by atoms with van der Waals surface area (Å²) in [6.07, 6.45) is 0. The molecule has 4 aromatic rings. The highest BCUT2D eigenvalue weighted by molar-refractivity contribution is 7.08. The Morgan fingerprint density at radius 1 is 0.900 bits per heavy atom. The summed E-state index contributed by atoms with van der Waals surface area (Å²) in [4.78, 5) is 4.48. The van der Waals surface area contributed by atoms with Crippen LogP contribution in [0.1, 0.15) is 0 Å². The molecule has 0 aliphatic carbocycles. The smallest absolute Gasteiger partial charge is 0.149 e. The molecule has 0 fully saturated rings. The van der Waals surface area contributed by atoms with Crippen LogP contribution in [0.4, 0.5) is 4.39 Å². The van der Waals surface area contributed by atoms with Gasteiger partial charge in [0.15, 0.2) is 0 Å². The van der Waals surface area contributed by atoms with E-state index in [0.29, 0.717) is 5.52 Å². The highest BCUT2D eigenvalue weighted by Gasteiger charge is 2.13. The monoisotopic (exact) mass is 279 g/mol. The second-order valence-corrected chi connectivity index (χ2v) is 5.43. The Bertz CT molecular complexity index is 913. The van der Waals surface area contributed by atoms with Crippen molar-refractivity contribution < 1.29 is 4.39 Å². The van der Waals surface area contributed by atoms with Crippen LogP contribution in [0.25, 0.3) is 32.9 Å². The Hall–Kier alpha value is -2.26. The maximum absolute atomic E-state index is 14.1. The SMILES string of the molecule is Fc1cccc2c(-c3ccsc3)c3ccccc3nc12. The van der Waals surface area contributed by atoms with Gasteiger partial charge < -0.3 is 0 Å². The van der Waals surface area contributed by atoms with Crippen molar-refractivity contribution in [1.82, 2.24) is 4.98 Å². The van der Waals surface area contributed by atoms with Gasteiger partial charge in [0.1, 0.15) is 11.3 Å². The van der Waals surface area contributed by atoms with Gasteiger partial charge in [0.05, 0.1) is 5.52 Å². The summed E-state index contributed by atoms with van der Waals surface area (Å²) in [6.45, 7) is 0. The number of halogens is 1. The van der Waals surface area contributed by atoms with Crippen LogP contribution in [0.2, 0.25) is 0 Å². The van der Waals surface area contributed by atoms with E-state index in [0.717, 1.165) is 27.4 Å². The number of rotatable bonds is 1. The van der Waals surface area contributed by atoms with Gasteiger partial charge >= 0.3 is 0 Å². The molecule has 0 saturated carbocycles. The van der Waals surface area contributed by atoms with Crippen LogP contribution < -0.4 is 0 Å². The normalized spacial score (nSPS) is 11.2. The maximum Gasteiger partial charge on any atom is 0.149 e. The number of thiophene rings is 1. The molecular formula is C17H10FNS. The largest absolute Gasteiger partial charge is 0.245 e. The molecule has 0 N–H and O–H groups in total. The fourth-order valence-electron chi connectivity index (χ4n) is 2.60. The molecule has 3 heteroatoms. The first-order valence-corrected chi connectivity index (χ1v) is 7.28. The lowest BCUT2D eigenvalue weighted by molar-refractivity contribution is 0.637. The molecule has 0 unspecified atom stereocenters. The standard InChI is InChI=1S/C17H10FNS/c18-14-6-3-5-13-16(11-8-9-20-10-11)12-4-1-2-7-15(12)19-17(13)14/h1-10H. The lowest BCUT2D eigenvalue weighted by atomic mass is 9.98. The van der Waals surface area contributed by atoms with Gasteiger partial charge in [0, 0.05) is 16.3 Å². The zero-order valence-corrected chi connectivity index (χ0v) is 11.3. The summed E-state index contributed by atoms with van der Waals surface area (Å²) in [7, 11) is 0. The minimum atomic E-state index is -0.273. The van der Waals surface area contributed by atoms with Crippen LogP contribution >= 0.6 is 11.3 Å². The van der Waals surface area contributed by atoms with Crippen molar-refractivity contribution in [2.24, 2.45) is 0 Å². The van der Waals surface area contributed by atoms with Crippen LogP contribution in [0, 0.1) is 5.82 Å². The van der Waals surface area contributed by atoms with E-state index in [9.17, 15) is 4.39 Å². The topological polar surface area (TPSA) is 12.9 Å². The second-order valence-electron chi connectivity index (χ2n) is 4.65. The molecule has 1 nitrogen and oxygen atoms in total. The van der Waals surface area contributed by atoms with E-state index >= 15 is 0 Å². The zero-order chi connectivity index (χ0) is 13.5. The van der Waals surface area contributed by atoms with E-state index in [1.54, 1.807) is 17.4 Å². The van der Waals surface area contributed by atoms with Crippen molar-refractivity contribution in [2.45, 2.75) is 0 Å². The van der Waals surface area contributed by atoms with Crippen molar-refractivity contribution >= 4 is 33.1 Å². The molecule has 2 aromatic carbocycles. The Labute approximate surface area is 119 Å². The van der Waals surface area contributed by atoms with Crippen molar-refractivity contribution in [1.29, 1.82) is 0 Å². The quantitative estimate of drug-likeness (QED) is 0.433. The molecule has 2 heterocycles. The average molecular weight is 279 g/mol. The average Bonchev–Trinajstić information content (AvgIpc) is 2.99. The predicted octanol–water partition coefficient (Wildman–Crippen LogP) is 5.26. The molecule has 0 atom stereocenters. The van der Waals surface area contributed by atoms with Gasteiger partial charge in [-0.05, 0) is 34.5 Å². The van der Waals surface area contributed by atoms with Crippen LogP contribution in [0.5, 0.6) is 0 Å². The van der Waals surface area contributed by atoms with Crippen LogP contribution in [-0.4, -0.2) is 4.98 Å². The molecule has 0 amide bonds. The summed E-state index contributed by atoms with van der Waals surface area (Å²) < 4.78 is 14.1. The molecule has 0 aliphatic heterocycles. The minimum absolute atomic E-state index is 0.273. The third kappa shape index (κ3) is 1.63. The molecule has 0 saturated heterocycles. The number of benzene rings is 2. The number of nitrogens with zero attached hydrogens (tertiary/aromatic N) is 1. The number of fused-ring (bicyclic) bond motifs is 2.